The van der Waals surface area contributed by atoms with Gasteiger partial charge in [-0.15, -0.1) is 0 Å². The van der Waals surface area contributed by atoms with Gasteiger partial charge in [-0.2, -0.15) is 8.78 Å². The molecule has 0 heterocycles. The van der Waals surface area contributed by atoms with Crippen LogP contribution in [0.15, 0.2) is 12.1 Å². The van der Waals surface area contributed by atoms with Gasteiger partial charge in [0, 0.05) is 16.1 Å². The van der Waals surface area contributed by atoms with E-state index in [1.165, 1.54) is 26.8 Å². The third-order valence-electron chi connectivity index (χ3n) is 2.83. The lowest BCUT2D eigenvalue weighted by atomic mass is 9.85. The highest BCUT2D eigenvalue weighted by atomic mass is 127. The zero-order valence-corrected chi connectivity index (χ0v) is 18.7. The Kier molecular flexibility index (Phi) is 7.04. The quantitative estimate of drug-likeness (QED) is 0.282. The molecule has 0 radical (unpaired) electrons. The molecule has 0 aliphatic carbocycles. The first-order chi connectivity index (χ1) is 10.3. The summed E-state index contributed by atoms with van der Waals surface area (Å²) in [5.74, 6) is -7.86. The second kappa shape index (κ2) is 7.62. The number of rotatable bonds is 4. The zero-order valence-electron chi connectivity index (χ0n) is 12.3. The van der Waals surface area contributed by atoms with Crippen LogP contribution in [-0.2, 0) is 9.53 Å². The van der Waals surface area contributed by atoms with Gasteiger partial charge in [-0.05, 0) is 79.9 Å². The van der Waals surface area contributed by atoms with Gasteiger partial charge in [-0.1, -0.05) is 20.8 Å². The van der Waals surface area contributed by atoms with E-state index in [1.807, 2.05) is 73.8 Å². The topological polar surface area (TPSA) is 66.4 Å². The molecule has 0 amide bonds. The van der Waals surface area contributed by atoms with Gasteiger partial charge in [-0.3, -0.25) is 0 Å². The number of halogens is 5. The molecule has 0 spiro atoms. The Morgan fingerprint density at radius 1 is 1.17 bits per heavy atom. The van der Waals surface area contributed by atoms with E-state index in [9.17, 15) is 23.5 Å². The van der Waals surface area contributed by atoms with Crippen LogP contribution < -0.4 is 5.11 Å². The number of alkyl halides is 2. The van der Waals surface area contributed by atoms with Gasteiger partial charge < -0.3 is 14.6 Å². The Balaban J connectivity index is 3.26. The van der Waals surface area contributed by atoms with Crippen molar-refractivity contribution in [3.8, 4) is 0 Å². The van der Waals surface area contributed by atoms with Gasteiger partial charge in [0.25, 0.3) is 0 Å². The predicted molar refractivity (Wildman–Crippen MR) is 103 cm³/mol. The van der Waals surface area contributed by atoms with Crippen molar-refractivity contribution in [1.29, 1.82) is 0 Å². The lowest BCUT2D eigenvalue weighted by molar-refractivity contribution is -0.339. The molecule has 0 saturated heterocycles. The highest BCUT2D eigenvalue weighted by Gasteiger charge is 2.50. The molecular formula is C14H12F2I3O4-. The summed E-state index contributed by atoms with van der Waals surface area (Å²) in [6, 6.07) is 3.32. The van der Waals surface area contributed by atoms with Crippen LogP contribution >= 0.6 is 67.8 Å². The van der Waals surface area contributed by atoms with E-state index in [0.717, 1.165) is 7.14 Å². The molecule has 23 heavy (non-hydrogen) atoms. The van der Waals surface area contributed by atoms with Crippen molar-refractivity contribution >= 4 is 79.7 Å². The third kappa shape index (κ3) is 5.09. The Hall–Kier alpha value is 0.210. The van der Waals surface area contributed by atoms with Crippen LogP contribution in [0, 0.1) is 16.1 Å². The number of hydrogen-bond acceptors (Lipinski definition) is 4. The van der Waals surface area contributed by atoms with E-state index >= 15 is 0 Å². The van der Waals surface area contributed by atoms with Crippen molar-refractivity contribution in [3.05, 3.63) is 28.4 Å². The Bertz CT molecular complexity index is 642. The molecule has 128 valence electrons. The first kappa shape index (κ1) is 21.3. The highest BCUT2D eigenvalue weighted by Crippen LogP contribution is 2.36. The average molecular weight is 663 g/mol. The summed E-state index contributed by atoms with van der Waals surface area (Å²) in [7, 11) is 0. The Labute approximate surface area is 173 Å². The fourth-order valence-electron chi connectivity index (χ4n) is 1.78. The molecule has 1 unspecified atom stereocenters. The van der Waals surface area contributed by atoms with Crippen LogP contribution in [-0.4, -0.2) is 24.0 Å². The van der Waals surface area contributed by atoms with Crippen LogP contribution in [0.2, 0.25) is 0 Å². The monoisotopic (exact) mass is 663 g/mol. The van der Waals surface area contributed by atoms with Gasteiger partial charge >= 0.3 is 11.9 Å². The number of esters is 1. The molecule has 0 saturated carbocycles. The van der Waals surface area contributed by atoms with E-state index in [2.05, 4.69) is 0 Å². The molecule has 0 bridgehead atoms. The normalized spacial score (nSPS) is 13.6. The maximum atomic E-state index is 13.9. The van der Waals surface area contributed by atoms with Crippen molar-refractivity contribution in [2.75, 3.05) is 0 Å². The van der Waals surface area contributed by atoms with E-state index in [0.29, 0.717) is 3.57 Å². The van der Waals surface area contributed by atoms with Crippen molar-refractivity contribution in [2.45, 2.75) is 32.8 Å². The predicted octanol–water partition coefficient (Wildman–Crippen LogP) is 3.46. The summed E-state index contributed by atoms with van der Waals surface area (Å²) in [6.45, 7) is 4.10. The molecular weight excluding hydrogens is 651 g/mol. The number of carbonyl (C=O) groups is 2. The average Bonchev–Trinajstić information content (AvgIpc) is 2.38. The summed E-state index contributed by atoms with van der Waals surface area (Å²) in [4.78, 5) is 23.1. The van der Waals surface area contributed by atoms with Crippen molar-refractivity contribution in [2.24, 2.45) is 5.41 Å². The number of carboxylic acid groups (broad SMARTS) is 1. The molecule has 1 rings (SSSR count). The summed E-state index contributed by atoms with van der Waals surface area (Å²) in [5.41, 5.74) is -1.18. The van der Waals surface area contributed by atoms with Crippen LogP contribution in [0.4, 0.5) is 8.78 Å². The van der Waals surface area contributed by atoms with Crippen LogP contribution in [0.3, 0.4) is 0 Å². The molecule has 0 N–H and O–H groups in total. The number of carboxylic acids is 1. The second-order valence-electron chi connectivity index (χ2n) is 5.81. The molecule has 0 aromatic heterocycles. The number of benzene rings is 1. The van der Waals surface area contributed by atoms with E-state index in [1.54, 1.807) is 0 Å². The molecule has 1 aromatic carbocycles. The Morgan fingerprint density at radius 2 is 1.70 bits per heavy atom. The van der Waals surface area contributed by atoms with Gasteiger partial charge in [0.1, 0.15) is 5.97 Å². The van der Waals surface area contributed by atoms with Gasteiger partial charge in [-0.25, -0.2) is 4.79 Å². The molecule has 4 nitrogen and oxygen atoms in total. The molecule has 0 aliphatic rings. The van der Waals surface area contributed by atoms with Crippen LogP contribution in [0.5, 0.6) is 0 Å². The van der Waals surface area contributed by atoms with E-state index in [-0.39, 0.29) is 5.56 Å². The largest absolute Gasteiger partial charge is 0.544 e. The molecule has 1 aromatic rings. The maximum Gasteiger partial charge on any atom is 0.339 e. The number of carbonyl (C=O) groups excluding carboxylic acids is 2. The van der Waals surface area contributed by atoms with Gasteiger partial charge in [0.05, 0.1) is 5.56 Å². The minimum Gasteiger partial charge on any atom is -0.544 e. The standard InChI is InChI=1S/C14H13F2I3O4/c1-13(2,3)11(14(15,16)12(21)22)23-10(20)7-4-6(17)5-8(18)9(7)19/h4-5,11H,1-3H3,(H,21,22)/p-1. The highest BCUT2D eigenvalue weighted by molar-refractivity contribution is 14.1. The lowest BCUT2D eigenvalue weighted by Crippen LogP contribution is -2.56. The summed E-state index contributed by atoms with van der Waals surface area (Å²) in [5, 5.41) is 10.7. The lowest BCUT2D eigenvalue weighted by Gasteiger charge is -2.36. The summed E-state index contributed by atoms with van der Waals surface area (Å²) >= 11 is 5.91. The summed E-state index contributed by atoms with van der Waals surface area (Å²) in [6.07, 6.45) is -2.15. The second-order valence-corrected chi connectivity index (χ2v) is 9.30. The number of ether oxygens (including phenoxy) is 1. The maximum absolute atomic E-state index is 13.9. The fraction of sp³-hybridized carbons (Fsp3) is 0.429. The molecule has 0 aliphatic heterocycles. The zero-order chi connectivity index (χ0) is 18.2. The van der Waals surface area contributed by atoms with Crippen molar-refractivity contribution < 1.29 is 28.2 Å². The third-order valence-corrected chi connectivity index (χ3v) is 6.49. The van der Waals surface area contributed by atoms with Crippen LogP contribution in [0.25, 0.3) is 0 Å². The number of aliphatic carboxylic acids is 1. The van der Waals surface area contributed by atoms with E-state index in [4.69, 9.17) is 4.74 Å². The smallest absolute Gasteiger partial charge is 0.339 e. The summed E-state index contributed by atoms with van der Waals surface area (Å²) < 4.78 is 34.7. The van der Waals surface area contributed by atoms with E-state index < -0.39 is 29.4 Å². The van der Waals surface area contributed by atoms with Gasteiger partial charge in [0.15, 0.2) is 6.10 Å². The molecule has 0 fully saturated rings. The number of hydrogen-bond donors (Lipinski definition) is 0. The van der Waals surface area contributed by atoms with Crippen LogP contribution in [0.1, 0.15) is 31.1 Å². The first-order valence-corrected chi connectivity index (χ1v) is 9.47. The molecule has 1 atom stereocenters. The SMILES string of the molecule is CC(C)(C)C(OC(=O)c1cc(I)cc(I)c1I)C(F)(F)C(=O)[O-]. The first-order valence-electron chi connectivity index (χ1n) is 6.23. The van der Waals surface area contributed by atoms with Crippen molar-refractivity contribution in [1.82, 2.24) is 0 Å². The van der Waals surface area contributed by atoms with Gasteiger partial charge in [0.2, 0.25) is 0 Å². The fourth-order valence-corrected chi connectivity index (χ4v) is 4.15. The molecule has 9 heteroatoms. The van der Waals surface area contributed by atoms with Crippen molar-refractivity contribution in [3.63, 3.8) is 0 Å². The Morgan fingerprint density at radius 3 is 2.13 bits per heavy atom. The minimum absolute atomic E-state index is 0.116. The minimum atomic E-state index is -4.30.